The van der Waals surface area contributed by atoms with Crippen molar-refractivity contribution in [1.29, 1.82) is 0 Å². The summed E-state index contributed by atoms with van der Waals surface area (Å²) >= 11 is 5.38. The Kier molecular flexibility index (Phi) is 5.93. The van der Waals surface area contributed by atoms with Gasteiger partial charge in [-0.2, -0.15) is 0 Å². The molecule has 0 aliphatic rings. The highest BCUT2D eigenvalue weighted by Crippen LogP contribution is 2.14. The highest BCUT2D eigenvalue weighted by atomic mass is 32.1. The van der Waals surface area contributed by atoms with Crippen LogP contribution in [-0.4, -0.2) is 29.5 Å². The summed E-state index contributed by atoms with van der Waals surface area (Å²) in [6.07, 6.45) is 0. The molecule has 0 heterocycles. The number of hydrogen-bond donors (Lipinski definition) is 2. The number of nitrogens with one attached hydrogen (secondary N) is 2. The van der Waals surface area contributed by atoms with E-state index in [9.17, 15) is 4.79 Å². The lowest BCUT2D eigenvalue weighted by Crippen LogP contribution is -2.37. The van der Waals surface area contributed by atoms with Gasteiger partial charge in [0.25, 0.3) is 0 Å². The van der Waals surface area contributed by atoms with Crippen molar-refractivity contribution in [3.63, 3.8) is 0 Å². The predicted molar refractivity (Wildman–Crippen MR) is 105 cm³/mol. The predicted octanol–water partition coefficient (Wildman–Crippen LogP) is 3.88. The standard InChI is InChI=1S/C19H23N3OS/c1-13-5-7-16(8-6-13)20-18(23)12-22(4)19(24)21-17-10-14(2)9-15(3)11-17/h5-11H,12H2,1-4H3,(H,20,23)(H,21,24). The van der Waals surface area contributed by atoms with E-state index in [1.807, 2.05) is 57.2 Å². The van der Waals surface area contributed by atoms with Crippen LogP contribution < -0.4 is 10.6 Å². The SMILES string of the molecule is Cc1ccc(NC(=O)CN(C)C(=S)Nc2cc(C)cc(C)c2)cc1. The average molecular weight is 341 g/mol. The molecular formula is C19H23N3OS. The van der Waals surface area contributed by atoms with Crippen molar-refractivity contribution in [3.8, 4) is 0 Å². The number of aryl methyl sites for hydroxylation is 3. The first kappa shape index (κ1) is 17.9. The minimum atomic E-state index is -0.106. The average Bonchev–Trinajstić information content (AvgIpc) is 2.48. The van der Waals surface area contributed by atoms with Crippen LogP contribution in [0.1, 0.15) is 16.7 Å². The lowest BCUT2D eigenvalue weighted by Gasteiger charge is -2.21. The summed E-state index contributed by atoms with van der Waals surface area (Å²) in [6, 6.07) is 13.9. The van der Waals surface area contributed by atoms with Gasteiger partial charge in [-0.25, -0.2) is 0 Å². The third-order valence-electron chi connectivity index (χ3n) is 3.54. The quantitative estimate of drug-likeness (QED) is 0.829. The van der Waals surface area contributed by atoms with Crippen LogP contribution in [0.2, 0.25) is 0 Å². The van der Waals surface area contributed by atoms with Crippen molar-refractivity contribution < 1.29 is 4.79 Å². The Balaban J connectivity index is 1.90. The van der Waals surface area contributed by atoms with Gasteiger partial charge in [0.15, 0.2) is 5.11 Å². The minimum Gasteiger partial charge on any atom is -0.343 e. The van der Waals surface area contributed by atoms with Gasteiger partial charge in [-0.3, -0.25) is 4.79 Å². The van der Waals surface area contributed by atoms with E-state index in [-0.39, 0.29) is 12.5 Å². The maximum Gasteiger partial charge on any atom is 0.243 e. The van der Waals surface area contributed by atoms with Gasteiger partial charge in [0.2, 0.25) is 5.91 Å². The topological polar surface area (TPSA) is 44.4 Å². The fourth-order valence-electron chi connectivity index (χ4n) is 2.39. The number of hydrogen-bond acceptors (Lipinski definition) is 2. The number of carbonyl (C=O) groups excluding carboxylic acids is 1. The molecule has 24 heavy (non-hydrogen) atoms. The lowest BCUT2D eigenvalue weighted by atomic mass is 10.1. The Labute approximate surface area is 148 Å². The van der Waals surface area contributed by atoms with Crippen LogP contribution in [0, 0.1) is 20.8 Å². The van der Waals surface area contributed by atoms with Gasteiger partial charge in [-0.1, -0.05) is 23.8 Å². The Bertz CT molecular complexity index is 721. The zero-order valence-electron chi connectivity index (χ0n) is 14.5. The first-order valence-corrected chi connectivity index (χ1v) is 8.21. The fraction of sp³-hybridized carbons (Fsp3) is 0.263. The van der Waals surface area contributed by atoms with E-state index in [1.54, 1.807) is 11.9 Å². The molecule has 2 aromatic rings. The van der Waals surface area contributed by atoms with Crippen LogP contribution in [-0.2, 0) is 4.79 Å². The van der Waals surface area contributed by atoms with Gasteiger partial charge in [-0.15, -0.1) is 0 Å². The molecule has 0 unspecified atom stereocenters. The molecule has 2 aromatic carbocycles. The van der Waals surface area contributed by atoms with Crippen molar-refractivity contribution in [3.05, 3.63) is 59.2 Å². The van der Waals surface area contributed by atoms with E-state index < -0.39 is 0 Å². The molecule has 2 N–H and O–H groups in total. The molecule has 2 rings (SSSR count). The second-order valence-electron chi connectivity index (χ2n) is 6.08. The van der Waals surface area contributed by atoms with Crippen molar-refractivity contribution in [2.24, 2.45) is 0 Å². The van der Waals surface area contributed by atoms with Gasteiger partial charge in [-0.05, 0) is 68.4 Å². The lowest BCUT2D eigenvalue weighted by molar-refractivity contribution is -0.116. The summed E-state index contributed by atoms with van der Waals surface area (Å²) in [4.78, 5) is 13.9. The maximum atomic E-state index is 12.1. The minimum absolute atomic E-state index is 0.106. The largest absolute Gasteiger partial charge is 0.343 e. The number of rotatable bonds is 4. The zero-order valence-corrected chi connectivity index (χ0v) is 15.3. The van der Waals surface area contributed by atoms with E-state index in [4.69, 9.17) is 12.2 Å². The smallest absolute Gasteiger partial charge is 0.243 e. The number of benzene rings is 2. The molecule has 0 atom stereocenters. The summed E-state index contributed by atoms with van der Waals surface area (Å²) in [6.45, 7) is 6.28. The van der Waals surface area contributed by atoms with Crippen molar-refractivity contribution >= 4 is 34.6 Å². The second-order valence-corrected chi connectivity index (χ2v) is 6.46. The molecule has 0 aliphatic carbocycles. The van der Waals surface area contributed by atoms with Gasteiger partial charge < -0.3 is 15.5 Å². The molecule has 0 bridgehead atoms. The zero-order chi connectivity index (χ0) is 17.7. The molecule has 0 spiro atoms. The molecular weight excluding hydrogens is 318 g/mol. The van der Waals surface area contributed by atoms with Crippen LogP contribution in [0.25, 0.3) is 0 Å². The van der Waals surface area contributed by atoms with Crippen LogP contribution >= 0.6 is 12.2 Å². The Morgan fingerprint density at radius 3 is 2.08 bits per heavy atom. The molecule has 1 amide bonds. The second kappa shape index (κ2) is 7.93. The van der Waals surface area contributed by atoms with E-state index in [1.165, 1.54) is 11.1 Å². The molecule has 0 fully saturated rings. The van der Waals surface area contributed by atoms with E-state index >= 15 is 0 Å². The highest BCUT2D eigenvalue weighted by molar-refractivity contribution is 7.80. The fourth-order valence-corrected chi connectivity index (χ4v) is 2.57. The van der Waals surface area contributed by atoms with E-state index in [2.05, 4.69) is 16.7 Å². The van der Waals surface area contributed by atoms with Gasteiger partial charge >= 0.3 is 0 Å². The van der Waals surface area contributed by atoms with Crippen LogP contribution in [0.3, 0.4) is 0 Å². The molecule has 0 aromatic heterocycles. The first-order valence-electron chi connectivity index (χ1n) is 7.80. The van der Waals surface area contributed by atoms with Crippen LogP contribution in [0.15, 0.2) is 42.5 Å². The van der Waals surface area contributed by atoms with Gasteiger partial charge in [0.1, 0.15) is 0 Å². The third kappa shape index (κ3) is 5.35. The highest BCUT2D eigenvalue weighted by Gasteiger charge is 2.10. The van der Waals surface area contributed by atoms with Crippen LogP contribution in [0.5, 0.6) is 0 Å². The molecule has 4 nitrogen and oxygen atoms in total. The monoisotopic (exact) mass is 341 g/mol. The summed E-state index contributed by atoms with van der Waals surface area (Å²) in [5.41, 5.74) is 5.21. The summed E-state index contributed by atoms with van der Waals surface area (Å²) in [5.74, 6) is -0.106. The van der Waals surface area contributed by atoms with Crippen molar-refractivity contribution in [1.82, 2.24) is 4.90 Å². The summed E-state index contributed by atoms with van der Waals surface area (Å²) < 4.78 is 0. The maximum absolute atomic E-state index is 12.1. The molecule has 0 radical (unpaired) electrons. The molecule has 126 valence electrons. The number of anilines is 2. The Hall–Kier alpha value is -2.40. The van der Waals surface area contributed by atoms with E-state index in [0.29, 0.717) is 5.11 Å². The Morgan fingerprint density at radius 1 is 0.917 bits per heavy atom. The number of nitrogens with zero attached hydrogens (tertiary/aromatic N) is 1. The normalized spacial score (nSPS) is 10.2. The summed E-state index contributed by atoms with van der Waals surface area (Å²) in [5, 5.41) is 6.56. The van der Waals surface area contributed by atoms with Gasteiger partial charge in [0.05, 0.1) is 6.54 Å². The van der Waals surface area contributed by atoms with E-state index in [0.717, 1.165) is 16.9 Å². The van der Waals surface area contributed by atoms with Crippen LogP contribution in [0.4, 0.5) is 11.4 Å². The summed E-state index contributed by atoms with van der Waals surface area (Å²) in [7, 11) is 1.80. The molecule has 0 saturated heterocycles. The van der Waals surface area contributed by atoms with Gasteiger partial charge in [0, 0.05) is 18.4 Å². The van der Waals surface area contributed by atoms with Crippen molar-refractivity contribution in [2.45, 2.75) is 20.8 Å². The number of carbonyl (C=O) groups is 1. The molecule has 0 saturated carbocycles. The number of thiocarbonyl (C=S) groups is 1. The third-order valence-corrected chi connectivity index (χ3v) is 3.95. The van der Waals surface area contributed by atoms with Crippen molar-refractivity contribution in [2.75, 3.05) is 24.2 Å². The number of amides is 1. The molecule has 0 aliphatic heterocycles. The Morgan fingerprint density at radius 2 is 1.50 bits per heavy atom. The first-order chi connectivity index (χ1) is 11.3. The number of likely N-dealkylation sites (N-methyl/N-ethyl adjacent to an activating group) is 1. The molecule has 5 heteroatoms.